The van der Waals surface area contributed by atoms with Crippen LogP contribution in [0.4, 0.5) is 0 Å². The molecule has 0 saturated carbocycles. The van der Waals surface area contributed by atoms with E-state index in [0.29, 0.717) is 16.1 Å². The minimum atomic E-state index is -0.111. The van der Waals surface area contributed by atoms with Crippen molar-refractivity contribution in [3.05, 3.63) is 58.6 Å². The van der Waals surface area contributed by atoms with Crippen LogP contribution in [0, 0.1) is 6.92 Å². The van der Waals surface area contributed by atoms with Crippen molar-refractivity contribution in [3.63, 3.8) is 0 Å². The lowest BCUT2D eigenvalue weighted by molar-refractivity contribution is 0.103. The largest absolute Gasteiger partial charge is 0.288 e. The number of aryl methyl sites for hydroxylation is 1. The summed E-state index contributed by atoms with van der Waals surface area (Å²) in [6.07, 6.45) is 4.38. The van der Waals surface area contributed by atoms with E-state index in [1.807, 2.05) is 13.0 Å². The lowest BCUT2D eigenvalue weighted by atomic mass is 10.0. The second-order valence-corrected chi connectivity index (χ2v) is 3.85. The lowest BCUT2D eigenvalue weighted by Crippen LogP contribution is -2.04. The Morgan fingerprint density at radius 1 is 1.25 bits per heavy atom. The molecule has 1 aromatic carbocycles. The molecule has 0 aliphatic carbocycles. The second-order valence-electron chi connectivity index (χ2n) is 3.42. The van der Waals surface area contributed by atoms with Gasteiger partial charge in [0.15, 0.2) is 5.78 Å². The Kier molecular flexibility index (Phi) is 2.97. The molecule has 2 aromatic rings. The fourth-order valence-electron chi connectivity index (χ4n) is 1.41. The summed E-state index contributed by atoms with van der Waals surface area (Å²) in [5, 5.41) is 0.547. The average molecular weight is 233 g/mol. The molecule has 0 bridgehead atoms. The highest BCUT2D eigenvalue weighted by atomic mass is 35.5. The molecule has 3 nitrogen and oxygen atoms in total. The van der Waals surface area contributed by atoms with Crippen LogP contribution in [0.1, 0.15) is 21.5 Å². The maximum Gasteiger partial charge on any atom is 0.196 e. The van der Waals surface area contributed by atoms with Crippen LogP contribution in [0.2, 0.25) is 5.02 Å². The zero-order chi connectivity index (χ0) is 11.5. The molecule has 80 valence electrons. The molecular formula is C12H9ClN2O. The maximum atomic E-state index is 12.1. The first-order valence-electron chi connectivity index (χ1n) is 4.74. The van der Waals surface area contributed by atoms with Gasteiger partial charge in [-0.15, -0.1) is 0 Å². The number of aromatic nitrogens is 2. The van der Waals surface area contributed by atoms with Crippen LogP contribution in [0.25, 0.3) is 0 Å². The number of ketones is 1. The van der Waals surface area contributed by atoms with E-state index < -0.39 is 0 Å². The predicted octanol–water partition coefficient (Wildman–Crippen LogP) is 2.67. The van der Waals surface area contributed by atoms with Crippen LogP contribution in [0.3, 0.4) is 0 Å². The topological polar surface area (TPSA) is 42.9 Å². The van der Waals surface area contributed by atoms with E-state index >= 15 is 0 Å². The molecule has 0 spiro atoms. The monoisotopic (exact) mass is 232 g/mol. The van der Waals surface area contributed by atoms with Crippen molar-refractivity contribution in [1.82, 2.24) is 9.97 Å². The Balaban J connectivity index is 2.46. The normalized spacial score (nSPS) is 10.1. The summed E-state index contributed by atoms with van der Waals surface area (Å²) >= 11 is 5.86. The molecule has 0 amide bonds. The van der Waals surface area contributed by atoms with Crippen LogP contribution in [0.15, 0.2) is 36.9 Å². The molecule has 0 saturated heterocycles. The summed E-state index contributed by atoms with van der Waals surface area (Å²) < 4.78 is 0. The van der Waals surface area contributed by atoms with E-state index in [-0.39, 0.29) is 5.78 Å². The van der Waals surface area contributed by atoms with E-state index in [9.17, 15) is 4.79 Å². The first-order chi connectivity index (χ1) is 7.68. The van der Waals surface area contributed by atoms with Gasteiger partial charge in [-0.25, -0.2) is 9.97 Å². The highest BCUT2D eigenvalue weighted by Crippen LogP contribution is 2.18. The van der Waals surface area contributed by atoms with Crippen molar-refractivity contribution >= 4 is 17.4 Å². The number of carbonyl (C=O) groups excluding carboxylic acids is 1. The van der Waals surface area contributed by atoms with Gasteiger partial charge in [0.25, 0.3) is 0 Å². The van der Waals surface area contributed by atoms with E-state index in [2.05, 4.69) is 9.97 Å². The minimum Gasteiger partial charge on any atom is -0.288 e. The minimum absolute atomic E-state index is 0.111. The standard InChI is InChI=1S/C12H9ClN2O/c1-8-2-3-10(13)4-11(8)12(16)9-5-14-7-15-6-9/h2-7H,1H3. The second kappa shape index (κ2) is 4.41. The third-order valence-corrected chi connectivity index (χ3v) is 2.50. The zero-order valence-corrected chi connectivity index (χ0v) is 9.40. The summed E-state index contributed by atoms with van der Waals surface area (Å²) in [6.45, 7) is 1.87. The predicted molar refractivity (Wildman–Crippen MR) is 61.7 cm³/mol. The Morgan fingerprint density at radius 2 is 1.94 bits per heavy atom. The Labute approximate surface area is 98.1 Å². The molecule has 0 aliphatic heterocycles. The fraction of sp³-hybridized carbons (Fsp3) is 0.0833. The van der Waals surface area contributed by atoms with Gasteiger partial charge < -0.3 is 0 Å². The van der Waals surface area contributed by atoms with E-state index in [1.165, 1.54) is 18.7 Å². The molecule has 1 aromatic heterocycles. The number of rotatable bonds is 2. The van der Waals surface area contributed by atoms with Gasteiger partial charge in [-0.05, 0) is 24.6 Å². The van der Waals surface area contributed by atoms with Crippen molar-refractivity contribution in [2.45, 2.75) is 6.92 Å². The molecule has 16 heavy (non-hydrogen) atoms. The number of halogens is 1. The summed E-state index contributed by atoms with van der Waals surface area (Å²) in [7, 11) is 0. The summed E-state index contributed by atoms with van der Waals surface area (Å²) in [6, 6.07) is 5.24. The highest BCUT2D eigenvalue weighted by molar-refractivity contribution is 6.31. The van der Waals surface area contributed by atoms with Crippen LogP contribution in [0.5, 0.6) is 0 Å². The molecular weight excluding hydrogens is 224 g/mol. The van der Waals surface area contributed by atoms with Gasteiger partial charge in [-0.3, -0.25) is 4.79 Å². The van der Waals surface area contributed by atoms with Gasteiger partial charge in [0.05, 0.1) is 5.56 Å². The highest BCUT2D eigenvalue weighted by Gasteiger charge is 2.12. The van der Waals surface area contributed by atoms with E-state index in [1.54, 1.807) is 12.1 Å². The van der Waals surface area contributed by atoms with Crippen LogP contribution >= 0.6 is 11.6 Å². The van der Waals surface area contributed by atoms with Crippen molar-refractivity contribution in [1.29, 1.82) is 0 Å². The molecule has 0 fully saturated rings. The van der Waals surface area contributed by atoms with Gasteiger partial charge in [-0.1, -0.05) is 17.7 Å². The third kappa shape index (κ3) is 2.09. The van der Waals surface area contributed by atoms with Crippen molar-refractivity contribution in [2.24, 2.45) is 0 Å². The zero-order valence-electron chi connectivity index (χ0n) is 8.64. The van der Waals surface area contributed by atoms with E-state index in [0.717, 1.165) is 5.56 Å². The molecule has 0 N–H and O–H groups in total. The first-order valence-corrected chi connectivity index (χ1v) is 5.12. The third-order valence-electron chi connectivity index (χ3n) is 2.27. The Bertz CT molecular complexity index is 526. The number of nitrogens with zero attached hydrogens (tertiary/aromatic N) is 2. The first kappa shape index (κ1) is 10.8. The van der Waals surface area contributed by atoms with Gasteiger partial charge in [0.2, 0.25) is 0 Å². The summed E-state index contributed by atoms with van der Waals surface area (Å²) in [5.74, 6) is -0.111. The van der Waals surface area contributed by atoms with Crippen molar-refractivity contribution in [3.8, 4) is 0 Å². The van der Waals surface area contributed by atoms with Crippen LogP contribution < -0.4 is 0 Å². The number of benzene rings is 1. The number of hydrogen-bond donors (Lipinski definition) is 0. The molecule has 1 heterocycles. The van der Waals surface area contributed by atoms with Gasteiger partial charge in [-0.2, -0.15) is 0 Å². The Morgan fingerprint density at radius 3 is 2.62 bits per heavy atom. The van der Waals surface area contributed by atoms with Gasteiger partial charge in [0.1, 0.15) is 6.33 Å². The SMILES string of the molecule is Cc1ccc(Cl)cc1C(=O)c1cncnc1. The van der Waals surface area contributed by atoms with E-state index in [4.69, 9.17) is 11.6 Å². The molecule has 0 aliphatic rings. The van der Waals surface area contributed by atoms with Gasteiger partial charge >= 0.3 is 0 Å². The number of hydrogen-bond acceptors (Lipinski definition) is 3. The molecule has 0 unspecified atom stereocenters. The number of carbonyl (C=O) groups is 1. The van der Waals surface area contributed by atoms with Crippen molar-refractivity contribution in [2.75, 3.05) is 0 Å². The molecule has 4 heteroatoms. The Hall–Kier alpha value is -1.74. The van der Waals surface area contributed by atoms with Crippen molar-refractivity contribution < 1.29 is 4.79 Å². The lowest BCUT2D eigenvalue weighted by Gasteiger charge is -2.04. The molecule has 0 atom stereocenters. The fourth-order valence-corrected chi connectivity index (χ4v) is 1.58. The van der Waals surface area contributed by atoms with Crippen LogP contribution in [-0.2, 0) is 0 Å². The summed E-state index contributed by atoms with van der Waals surface area (Å²) in [5.41, 5.74) is 1.94. The van der Waals surface area contributed by atoms with Gasteiger partial charge in [0, 0.05) is 23.0 Å². The molecule has 2 rings (SSSR count). The quantitative estimate of drug-likeness (QED) is 0.748. The van der Waals surface area contributed by atoms with Crippen LogP contribution in [-0.4, -0.2) is 15.8 Å². The smallest absolute Gasteiger partial charge is 0.196 e. The average Bonchev–Trinajstić information content (AvgIpc) is 2.32. The molecule has 0 radical (unpaired) electrons. The maximum absolute atomic E-state index is 12.1. The summed E-state index contributed by atoms with van der Waals surface area (Å²) in [4.78, 5) is 19.7.